The molecular weight excluding hydrogens is 609 g/mol. The van der Waals surface area contributed by atoms with E-state index in [9.17, 15) is 9.59 Å². The molecule has 0 aliphatic carbocycles. The van der Waals surface area contributed by atoms with Gasteiger partial charge in [-0.05, 0) is 74.0 Å². The minimum atomic E-state index is -2.49. The number of hydrogen-bond donors (Lipinski definition) is 2. The Morgan fingerprint density at radius 1 is 0.553 bits per heavy atom. The van der Waals surface area contributed by atoms with Crippen LogP contribution in [0.5, 0.6) is 0 Å². The van der Waals surface area contributed by atoms with Crippen molar-refractivity contribution in [3.63, 3.8) is 0 Å². The molecule has 0 saturated carbocycles. The van der Waals surface area contributed by atoms with Gasteiger partial charge in [0.25, 0.3) is 0 Å². The molecule has 0 unspecified atom stereocenters. The van der Waals surface area contributed by atoms with E-state index in [2.05, 4.69) is 0 Å². The van der Waals surface area contributed by atoms with Gasteiger partial charge in [-0.1, -0.05) is 21.6 Å². The molecule has 0 aromatic rings. The Balaban J connectivity index is 0. The van der Waals surface area contributed by atoms with Crippen molar-refractivity contribution in [3.8, 4) is 0 Å². The summed E-state index contributed by atoms with van der Waals surface area (Å²) in [5.74, 6) is -0.0235. The van der Waals surface area contributed by atoms with Crippen molar-refractivity contribution in [2.75, 3.05) is 51.1 Å². The molecular formula is C22H48O10S4Si2. The largest absolute Gasteiger partial charge is 0.500 e. The maximum Gasteiger partial charge on any atom is 0.500 e. The number of hydrogen-bond acceptors (Lipinski definition) is 12. The number of carbonyl (C=O) groups is 2. The molecule has 0 heterocycles. The lowest BCUT2D eigenvalue weighted by Gasteiger charge is -2.28. The summed E-state index contributed by atoms with van der Waals surface area (Å²) in [5, 5.41) is 15.8. The summed E-state index contributed by atoms with van der Waals surface area (Å²) < 4.78 is 35.4. The van der Waals surface area contributed by atoms with Gasteiger partial charge in [0.1, 0.15) is 0 Å². The van der Waals surface area contributed by atoms with E-state index in [0.29, 0.717) is 39.6 Å². The Kier molecular flexibility index (Phi) is 29.6. The summed E-state index contributed by atoms with van der Waals surface area (Å²) in [7, 11) is 2.48. The van der Waals surface area contributed by atoms with Crippen LogP contribution in [0.3, 0.4) is 0 Å². The van der Waals surface area contributed by atoms with Crippen LogP contribution in [0.15, 0.2) is 0 Å². The van der Waals surface area contributed by atoms with Crippen LogP contribution in [0, 0.1) is 0 Å². The van der Waals surface area contributed by atoms with Gasteiger partial charge in [-0.15, -0.1) is 0 Å². The minimum Gasteiger partial charge on any atom is -0.481 e. The minimum absolute atomic E-state index is 0.296. The monoisotopic (exact) mass is 656 g/mol. The van der Waals surface area contributed by atoms with Gasteiger partial charge in [-0.3, -0.25) is 9.59 Å². The van der Waals surface area contributed by atoms with Crippen LogP contribution in [-0.4, -0.2) is 90.9 Å². The predicted molar refractivity (Wildman–Crippen MR) is 165 cm³/mol. The summed E-state index contributed by atoms with van der Waals surface area (Å²) in [4.78, 5) is 19.3. The van der Waals surface area contributed by atoms with E-state index in [1.54, 1.807) is 0 Å². The molecule has 0 saturated heterocycles. The normalized spacial score (nSPS) is 11.7. The molecule has 38 heavy (non-hydrogen) atoms. The highest BCUT2D eigenvalue weighted by molar-refractivity contribution is 9.26. The molecule has 0 aliphatic rings. The molecule has 228 valence electrons. The fraction of sp³-hybridized carbons (Fsp3) is 0.909. The second kappa shape index (κ2) is 27.7. The third kappa shape index (κ3) is 23.3. The zero-order chi connectivity index (χ0) is 29.1. The van der Waals surface area contributed by atoms with Crippen LogP contribution >= 0.6 is 41.2 Å². The average Bonchev–Trinajstić information content (AvgIpc) is 2.85. The lowest BCUT2D eigenvalue weighted by atomic mass is 10.3. The molecule has 0 radical (unpaired) electrons. The molecule has 2 N–H and O–H groups in total. The van der Waals surface area contributed by atoms with Crippen molar-refractivity contribution < 1.29 is 46.4 Å². The summed E-state index contributed by atoms with van der Waals surface area (Å²) in [6.07, 6.45) is 1.49. The highest BCUT2D eigenvalue weighted by atomic mass is 33.7. The van der Waals surface area contributed by atoms with Crippen LogP contribution in [0.4, 0.5) is 0 Å². The van der Waals surface area contributed by atoms with Crippen molar-refractivity contribution in [1.29, 1.82) is 0 Å². The number of carboxylic acids is 2. The molecule has 0 bridgehead atoms. The maximum absolute atomic E-state index is 9.64. The summed E-state index contributed by atoms with van der Waals surface area (Å²) in [6.45, 7) is 15.8. The summed E-state index contributed by atoms with van der Waals surface area (Å²) >= 11 is 0. The summed E-state index contributed by atoms with van der Waals surface area (Å²) in [6, 6.07) is 1.76. The third-order valence-electron chi connectivity index (χ3n) is 4.28. The van der Waals surface area contributed by atoms with E-state index in [-0.39, 0.29) is 12.8 Å². The Morgan fingerprint density at radius 3 is 1.03 bits per heavy atom. The molecule has 0 aromatic heterocycles. The third-order valence-corrected chi connectivity index (χ3v) is 17.2. The van der Waals surface area contributed by atoms with E-state index in [1.807, 2.05) is 82.8 Å². The van der Waals surface area contributed by atoms with Crippen molar-refractivity contribution in [1.82, 2.24) is 0 Å². The van der Waals surface area contributed by atoms with Gasteiger partial charge in [0.15, 0.2) is 0 Å². The topological polar surface area (TPSA) is 130 Å². The van der Waals surface area contributed by atoms with Gasteiger partial charge in [-0.25, -0.2) is 0 Å². The van der Waals surface area contributed by atoms with Crippen molar-refractivity contribution >= 4 is 70.8 Å². The van der Waals surface area contributed by atoms with Crippen molar-refractivity contribution in [2.45, 2.75) is 79.3 Å². The zero-order valence-corrected chi connectivity index (χ0v) is 29.0. The average molecular weight is 657 g/mol. The fourth-order valence-electron chi connectivity index (χ4n) is 3.02. The molecule has 0 aromatic carbocycles. The van der Waals surface area contributed by atoms with Crippen LogP contribution in [0.25, 0.3) is 0 Å². The van der Waals surface area contributed by atoms with Gasteiger partial charge >= 0.3 is 29.5 Å². The lowest BCUT2D eigenvalue weighted by Crippen LogP contribution is -2.46. The lowest BCUT2D eigenvalue weighted by molar-refractivity contribution is -0.143. The van der Waals surface area contributed by atoms with E-state index < -0.39 is 29.5 Å². The molecule has 16 heteroatoms. The first kappa shape index (κ1) is 40.7. The molecule has 10 nitrogen and oxygen atoms in total. The second-order valence-corrected chi connectivity index (χ2v) is 18.9. The van der Waals surface area contributed by atoms with Crippen LogP contribution in [0.1, 0.15) is 67.2 Å². The van der Waals surface area contributed by atoms with E-state index >= 15 is 0 Å². The van der Waals surface area contributed by atoms with Gasteiger partial charge in [0.2, 0.25) is 0 Å². The Morgan fingerprint density at radius 2 is 0.816 bits per heavy atom. The van der Waals surface area contributed by atoms with Crippen LogP contribution < -0.4 is 0 Å². The molecule has 0 amide bonds. The standard InChI is InChI=1S/C18H42O6S4Si2.C4H6O4/c1-7-19-29(20-8-2,21-9-3)17-13-15-25-27-28-26-16-14-18-30(22-10-4,23-11-5)24-12-6;5-3(6)1-2-4(7)8/h7-18H2,1-6H3;1-2H2,(H,5,6)(H,7,8). The van der Waals surface area contributed by atoms with Crippen LogP contribution in [0.2, 0.25) is 12.1 Å². The van der Waals surface area contributed by atoms with Gasteiger partial charge in [-0.2, -0.15) is 0 Å². The number of rotatable bonds is 26. The smallest absolute Gasteiger partial charge is 0.481 e. The molecule has 0 rings (SSSR count). The first-order valence-electron chi connectivity index (χ1n) is 13.0. The Hall–Kier alpha value is 0.534. The first-order valence-corrected chi connectivity index (χ1v) is 22.1. The van der Waals surface area contributed by atoms with Crippen molar-refractivity contribution in [3.05, 3.63) is 0 Å². The highest BCUT2D eigenvalue weighted by Gasteiger charge is 2.40. The quantitative estimate of drug-likeness (QED) is 0.0598. The molecule has 0 atom stereocenters. The number of aliphatic carboxylic acids is 2. The SMILES string of the molecule is CCO[Si](CCCSSSSCCC[Si](OCC)(OCC)OCC)(OCC)OCC.O=C(O)CCC(=O)O. The predicted octanol–water partition coefficient (Wildman–Crippen LogP) is 6.48. The molecule has 0 aliphatic heterocycles. The van der Waals surface area contributed by atoms with Gasteiger partial charge in [0, 0.05) is 63.2 Å². The van der Waals surface area contributed by atoms with Crippen LogP contribution in [-0.2, 0) is 36.1 Å². The molecule has 0 spiro atoms. The maximum atomic E-state index is 9.64. The summed E-state index contributed by atoms with van der Waals surface area (Å²) in [5.41, 5.74) is 0. The van der Waals surface area contributed by atoms with Gasteiger partial charge in [0.05, 0.1) is 12.8 Å². The van der Waals surface area contributed by atoms with E-state index in [0.717, 1.165) is 36.4 Å². The fourth-order valence-corrected chi connectivity index (χ4v) is 14.9. The Labute approximate surface area is 246 Å². The highest BCUT2D eigenvalue weighted by Crippen LogP contribution is 2.44. The Bertz CT molecular complexity index is 500. The zero-order valence-electron chi connectivity index (χ0n) is 23.7. The van der Waals surface area contributed by atoms with E-state index in [4.69, 9.17) is 36.8 Å². The number of carboxylic acid groups (broad SMARTS) is 2. The first-order chi connectivity index (χ1) is 18.2. The van der Waals surface area contributed by atoms with E-state index in [1.165, 1.54) is 0 Å². The molecule has 0 fully saturated rings. The van der Waals surface area contributed by atoms with Gasteiger partial charge < -0.3 is 36.8 Å². The second-order valence-electron chi connectivity index (χ2n) is 7.24. The van der Waals surface area contributed by atoms with Crippen molar-refractivity contribution in [2.24, 2.45) is 0 Å².